The van der Waals surface area contributed by atoms with E-state index < -0.39 is 0 Å². The molecule has 2 bridgehead atoms. The summed E-state index contributed by atoms with van der Waals surface area (Å²) in [5, 5.41) is 0. The van der Waals surface area contributed by atoms with E-state index in [9.17, 15) is 9.18 Å². The average molecular weight is 316 g/mol. The highest BCUT2D eigenvalue weighted by molar-refractivity contribution is 5.95. The quantitative estimate of drug-likeness (QED) is 0.824. The Bertz CT molecular complexity index is 596. The summed E-state index contributed by atoms with van der Waals surface area (Å²) in [5.41, 5.74) is 1.72. The summed E-state index contributed by atoms with van der Waals surface area (Å²) in [6.45, 7) is 2.87. The molecule has 124 valence electrons. The van der Waals surface area contributed by atoms with Crippen molar-refractivity contribution in [3.8, 4) is 0 Å². The Balaban J connectivity index is 1.84. The number of likely N-dealkylation sites (N-methyl/N-ethyl adjacent to an activating group) is 1. The monoisotopic (exact) mass is 316 g/mol. The molecule has 2 unspecified atom stereocenters. The van der Waals surface area contributed by atoms with E-state index in [1.54, 1.807) is 12.1 Å². The van der Waals surface area contributed by atoms with E-state index in [2.05, 4.69) is 24.9 Å². The largest absolute Gasteiger partial charge is 0.312 e. The molecule has 0 spiro atoms. The lowest BCUT2D eigenvalue weighted by Crippen LogP contribution is -2.41. The van der Waals surface area contributed by atoms with Crippen molar-refractivity contribution in [2.24, 2.45) is 0 Å². The van der Waals surface area contributed by atoms with Crippen LogP contribution in [0.15, 0.2) is 36.0 Å². The van der Waals surface area contributed by atoms with Crippen molar-refractivity contribution in [1.82, 2.24) is 9.80 Å². The van der Waals surface area contributed by atoms with Crippen molar-refractivity contribution < 1.29 is 9.18 Å². The molecule has 4 heteroatoms. The molecule has 2 aliphatic rings. The minimum Gasteiger partial charge on any atom is -0.312 e. The third kappa shape index (κ3) is 3.32. The van der Waals surface area contributed by atoms with Gasteiger partial charge in [0, 0.05) is 36.3 Å². The Morgan fingerprint density at radius 1 is 1.30 bits per heavy atom. The maximum absolute atomic E-state index is 13.1. The normalized spacial score (nSPS) is 23.7. The van der Waals surface area contributed by atoms with Crippen molar-refractivity contribution in [1.29, 1.82) is 0 Å². The second kappa shape index (κ2) is 6.83. The molecule has 1 fully saturated rings. The molecular formula is C19H25FN2O. The molecule has 1 amide bonds. The number of benzene rings is 1. The lowest BCUT2D eigenvalue weighted by Gasteiger charge is -2.35. The van der Waals surface area contributed by atoms with Gasteiger partial charge in [-0.2, -0.15) is 0 Å². The maximum Gasteiger partial charge on any atom is 0.258 e. The standard InChI is InChI=1S/C19H25FN2O/c1-3-4-11-22(19(23)14-5-7-15(20)8-6-14)18-12-16-9-10-17(13-18)21(16)2/h5-8,12,16-17H,3-4,9-11,13H2,1-2H3. The topological polar surface area (TPSA) is 23.6 Å². The number of carbonyl (C=O) groups excluding carboxylic acids is 1. The number of nitrogens with zero attached hydrogens (tertiary/aromatic N) is 2. The van der Waals surface area contributed by atoms with Crippen LogP contribution in [0.5, 0.6) is 0 Å². The highest BCUT2D eigenvalue weighted by atomic mass is 19.1. The minimum atomic E-state index is -0.307. The van der Waals surface area contributed by atoms with Crippen LogP contribution >= 0.6 is 0 Å². The Morgan fingerprint density at radius 2 is 2.04 bits per heavy atom. The van der Waals surface area contributed by atoms with Gasteiger partial charge in [-0.15, -0.1) is 0 Å². The molecule has 3 rings (SSSR count). The van der Waals surface area contributed by atoms with Crippen LogP contribution < -0.4 is 0 Å². The van der Waals surface area contributed by atoms with E-state index in [4.69, 9.17) is 0 Å². The van der Waals surface area contributed by atoms with Crippen LogP contribution in [0.1, 0.15) is 49.4 Å². The van der Waals surface area contributed by atoms with E-state index in [-0.39, 0.29) is 11.7 Å². The number of amides is 1. The number of halogens is 1. The first-order valence-electron chi connectivity index (χ1n) is 8.60. The van der Waals surface area contributed by atoms with Gasteiger partial charge in [0.05, 0.1) is 0 Å². The van der Waals surface area contributed by atoms with Crippen LogP contribution in [-0.4, -0.2) is 41.4 Å². The summed E-state index contributed by atoms with van der Waals surface area (Å²) < 4.78 is 13.1. The molecule has 2 atom stereocenters. The fourth-order valence-corrected chi connectivity index (χ4v) is 3.66. The average Bonchev–Trinajstić information content (AvgIpc) is 2.76. The van der Waals surface area contributed by atoms with Crippen molar-refractivity contribution in [2.75, 3.05) is 13.6 Å². The van der Waals surface area contributed by atoms with Crippen molar-refractivity contribution in [3.63, 3.8) is 0 Å². The third-order valence-corrected chi connectivity index (χ3v) is 5.14. The van der Waals surface area contributed by atoms with Gasteiger partial charge in [0.15, 0.2) is 0 Å². The van der Waals surface area contributed by atoms with Gasteiger partial charge in [0.2, 0.25) is 0 Å². The van der Waals surface area contributed by atoms with Crippen LogP contribution in [0.2, 0.25) is 0 Å². The van der Waals surface area contributed by atoms with Gasteiger partial charge in [-0.3, -0.25) is 9.69 Å². The second-order valence-corrected chi connectivity index (χ2v) is 6.64. The van der Waals surface area contributed by atoms with E-state index in [1.165, 1.54) is 25.0 Å². The number of hydrogen-bond donors (Lipinski definition) is 0. The summed E-state index contributed by atoms with van der Waals surface area (Å²) >= 11 is 0. The van der Waals surface area contributed by atoms with Crippen molar-refractivity contribution >= 4 is 5.91 Å². The Morgan fingerprint density at radius 3 is 2.70 bits per heavy atom. The summed E-state index contributed by atoms with van der Waals surface area (Å²) in [6, 6.07) is 6.89. The number of fused-ring (bicyclic) bond motifs is 2. The fourth-order valence-electron chi connectivity index (χ4n) is 3.66. The SMILES string of the molecule is CCCCN(C(=O)c1ccc(F)cc1)C1=CC2CCC(C1)N2C. The van der Waals surface area contributed by atoms with Gasteiger partial charge in [0.1, 0.15) is 5.82 Å². The van der Waals surface area contributed by atoms with E-state index in [0.717, 1.165) is 31.5 Å². The Hall–Kier alpha value is -1.68. The Kier molecular flexibility index (Phi) is 4.81. The van der Waals surface area contributed by atoms with Gasteiger partial charge in [-0.1, -0.05) is 13.3 Å². The first-order valence-corrected chi connectivity index (χ1v) is 8.60. The summed E-state index contributed by atoms with van der Waals surface area (Å²) in [4.78, 5) is 17.3. The zero-order valence-electron chi connectivity index (χ0n) is 14.0. The zero-order chi connectivity index (χ0) is 16.4. The molecule has 0 saturated carbocycles. The maximum atomic E-state index is 13.1. The van der Waals surface area contributed by atoms with Gasteiger partial charge in [0.25, 0.3) is 5.91 Å². The van der Waals surface area contributed by atoms with Crippen LogP contribution in [0.25, 0.3) is 0 Å². The summed E-state index contributed by atoms with van der Waals surface area (Å²) in [7, 11) is 2.17. The molecule has 2 aliphatic heterocycles. The van der Waals surface area contributed by atoms with Crippen LogP contribution in [0.3, 0.4) is 0 Å². The fraction of sp³-hybridized carbons (Fsp3) is 0.526. The molecular weight excluding hydrogens is 291 g/mol. The molecule has 1 aromatic carbocycles. The second-order valence-electron chi connectivity index (χ2n) is 6.64. The van der Waals surface area contributed by atoms with Crippen molar-refractivity contribution in [2.45, 2.75) is 51.1 Å². The van der Waals surface area contributed by atoms with Crippen LogP contribution in [0, 0.1) is 5.82 Å². The third-order valence-electron chi connectivity index (χ3n) is 5.14. The molecule has 0 aromatic heterocycles. The number of unbranched alkanes of at least 4 members (excludes halogenated alkanes) is 1. The molecule has 23 heavy (non-hydrogen) atoms. The summed E-state index contributed by atoms with van der Waals surface area (Å²) in [5.74, 6) is -0.313. The van der Waals surface area contributed by atoms with Gasteiger partial charge in [-0.05, 0) is 56.7 Å². The molecule has 0 aliphatic carbocycles. The van der Waals surface area contributed by atoms with E-state index in [0.29, 0.717) is 17.6 Å². The molecule has 3 nitrogen and oxygen atoms in total. The predicted octanol–water partition coefficient (Wildman–Crippen LogP) is 3.82. The number of carbonyl (C=O) groups is 1. The van der Waals surface area contributed by atoms with Crippen LogP contribution in [-0.2, 0) is 0 Å². The van der Waals surface area contributed by atoms with Gasteiger partial charge >= 0.3 is 0 Å². The van der Waals surface area contributed by atoms with E-state index in [1.807, 2.05) is 4.90 Å². The molecule has 1 saturated heterocycles. The van der Waals surface area contributed by atoms with Gasteiger partial charge < -0.3 is 4.90 Å². The minimum absolute atomic E-state index is 0.00588. The highest BCUT2D eigenvalue weighted by Crippen LogP contribution is 2.35. The molecule has 0 radical (unpaired) electrons. The van der Waals surface area contributed by atoms with E-state index >= 15 is 0 Å². The highest BCUT2D eigenvalue weighted by Gasteiger charge is 2.36. The lowest BCUT2D eigenvalue weighted by molar-refractivity contribution is 0.0784. The zero-order valence-corrected chi connectivity index (χ0v) is 14.0. The molecule has 0 N–H and O–H groups in total. The number of rotatable bonds is 5. The first-order chi connectivity index (χ1) is 11.1. The Labute approximate surface area is 137 Å². The van der Waals surface area contributed by atoms with Gasteiger partial charge in [-0.25, -0.2) is 4.39 Å². The molecule has 2 heterocycles. The van der Waals surface area contributed by atoms with Crippen molar-refractivity contribution in [3.05, 3.63) is 47.4 Å². The first kappa shape index (κ1) is 16.2. The van der Waals surface area contributed by atoms with Crippen LogP contribution in [0.4, 0.5) is 4.39 Å². The molecule has 1 aromatic rings. The smallest absolute Gasteiger partial charge is 0.258 e. The number of hydrogen-bond acceptors (Lipinski definition) is 2. The summed E-state index contributed by atoms with van der Waals surface area (Å²) in [6.07, 6.45) is 7.61. The lowest BCUT2D eigenvalue weighted by atomic mass is 10.0. The predicted molar refractivity (Wildman–Crippen MR) is 89.6 cm³/mol.